The lowest BCUT2D eigenvalue weighted by Crippen LogP contribution is -2.41. The molecule has 0 bridgehead atoms. The fraction of sp³-hybridized carbons (Fsp3) is 0.391. The Kier molecular flexibility index (Phi) is 7.52. The van der Waals surface area contributed by atoms with Gasteiger partial charge in [-0.25, -0.2) is 13.2 Å². The van der Waals surface area contributed by atoms with Gasteiger partial charge in [-0.2, -0.15) is 4.31 Å². The molecule has 0 saturated carbocycles. The number of aryl methyl sites for hydroxylation is 2. The average molecular weight is 461 g/mol. The monoisotopic (exact) mass is 460 g/mol. The van der Waals surface area contributed by atoms with Crippen molar-refractivity contribution in [3.05, 3.63) is 53.6 Å². The Hall–Kier alpha value is -2.91. The van der Waals surface area contributed by atoms with E-state index >= 15 is 0 Å². The molecule has 1 fully saturated rings. The molecule has 1 N–H and O–H groups in total. The maximum absolute atomic E-state index is 13.0. The van der Waals surface area contributed by atoms with E-state index in [1.54, 1.807) is 43.3 Å². The van der Waals surface area contributed by atoms with Crippen LogP contribution in [0.25, 0.3) is 0 Å². The normalized spacial score (nSPS) is 15.2. The summed E-state index contributed by atoms with van der Waals surface area (Å²) in [5, 5.41) is 2.85. The van der Waals surface area contributed by atoms with E-state index in [4.69, 9.17) is 4.74 Å². The Morgan fingerprint density at radius 1 is 1.09 bits per heavy atom. The summed E-state index contributed by atoms with van der Waals surface area (Å²) in [6.07, 6.45) is 0.878. The number of rotatable bonds is 7. The van der Waals surface area contributed by atoms with E-state index in [-0.39, 0.29) is 31.5 Å². The van der Waals surface area contributed by atoms with Crippen molar-refractivity contribution in [1.29, 1.82) is 0 Å². The van der Waals surface area contributed by atoms with Crippen molar-refractivity contribution < 1.29 is 27.5 Å². The molecule has 1 amide bonds. The molecular weight excluding hydrogens is 432 g/mol. The van der Waals surface area contributed by atoms with Gasteiger partial charge in [-0.3, -0.25) is 4.79 Å². The second kappa shape index (κ2) is 10.1. The first kappa shape index (κ1) is 23.7. The van der Waals surface area contributed by atoms with E-state index < -0.39 is 16.0 Å². The number of amides is 1. The highest BCUT2D eigenvalue weighted by Crippen LogP contribution is 2.27. The fourth-order valence-corrected chi connectivity index (χ4v) is 5.37. The first-order valence-electron chi connectivity index (χ1n) is 10.4. The zero-order chi connectivity index (χ0) is 23.3. The highest BCUT2D eigenvalue weighted by Gasteiger charge is 2.32. The second-order valence-electron chi connectivity index (χ2n) is 7.83. The number of esters is 1. The van der Waals surface area contributed by atoms with Gasteiger partial charge >= 0.3 is 5.97 Å². The minimum Gasteiger partial charge on any atom is -0.482 e. The third-order valence-electron chi connectivity index (χ3n) is 5.46. The van der Waals surface area contributed by atoms with Crippen LogP contribution < -0.4 is 10.1 Å². The number of sulfonamides is 1. The predicted octanol–water partition coefficient (Wildman–Crippen LogP) is 2.89. The minimum absolute atomic E-state index is 0.168. The lowest BCUT2D eigenvalue weighted by Gasteiger charge is -2.31. The van der Waals surface area contributed by atoms with Crippen molar-refractivity contribution >= 4 is 27.6 Å². The van der Waals surface area contributed by atoms with Gasteiger partial charge in [0.1, 0.15) is 5.75 Å². The minimum atomic E-state index is -3.59. The van der Waals surface area contributed by atoms with Gasteiger partial charge in [-0.15, -0.1) is 0 Å². The molecule has 8 nitrogen and oxygen atoms in total. The number of carbonyl (C=O) groups is 2. The van der Waals surface area contributed by atoms with Gasteiger partial charge in [0.15, 0.2) is 6.61 Å². The molecule has 1 heterocycles. The summed E-state index contributed by atoms with van der Waals surface area (Å²) < 4.78 is 37.4. The quantitative estimate of drug-likeness (QED) is 0.638. The third kappa shape index (κ3) is 5.66. The second-order valence-corrected chi connectivity index (χ2v) is 9.74. The Bertz CT molecular complexity index is 1090. The predicted molar refractivity (Wildman–Crippen MR) is 120 cm³/mol. The van der Waals surface area contributed by atoms with Crippen molar-refractivity contribution in [2.45, 2.75) is 31.6 Å². The van der Waals surface area contributed by atoms with E-state index in [0.717, 1.165) is 11.1 Å². The Balaban J connectivity index is 1.58. The lowest BCUT2D eigenvalue weighted by molar-refractivity contribution is -0.142. The summed E-state index contributed by atoms with van der Waals surface area (Å²) in [6.45, 7) is 4.07. The van der Waals surface area contributed by atoms with Crippen molar-refractivity contribution in [3.8, 4) is 5.75 Å². The zero-order valence-corrected chi connectivity index (χ0v) is 19.3. The number of piperidine rings is 1. The fourth-order valence-electron chi connectivity index (χ4n) is 3.70. The number of hydrogen-bond acceptors (Lipinski definition) is 6. The number of anilines is 1. The third-order valence-corrected chi connectivity index (χ3v) is 7.52. The van der Waals surface area contributed by atoms with Gasteiger partial charge in [0, 0.05) is 30.8 Å². The number of nitrogens with zero attached hydrogens (tertiary/aromatic N) is 1. The van der Waals surface area contributed by atoms with Crippen LogP contribution in [0.2, 0.25) is 0 Å². The van der Waals surface area contributed by atoms with Crippen LogP contribution in [-0.2, 0) is 24.3 Å². The molecule has 2 aromatic rings. The van der Waals surface area contributed by atoms with Crippen LogP contribution >= 0.6 is 0 Å². The van der Waals surface area contributed by atoms with Gasteiger partial charge < -0.3 is 14.8 Å². The molecular formula is C23H28N2O6S. The SMILES string of the molecule is COC(=O)COc1cccc(NC(=O)C2CCN(S(=O)(=O)c3ccc(C)cc3C)CC2)c1. The molecule has 0 radical (unpaired) electrons. The molecule has 2 aromatic carbocycles. The van der Waals surface area contributed by atoms with E-state index in [9.17, 15) is 18.0 Å². The molecule has 0 aromatic heterocycles. The van der Waals surface area contributed by atoms with Gasteiger partial charge in [-0.05, 0) is 50.5 Å². The van der Waals surface area contributed by atoms with Crippen LogP contribution in [0.4, 0.5) is 5.69 Å². The van der Waals surface area contributed by atoms with E-state index in [1.165, 1.54) is 11.4 Å². The highest BCUT2D eigenvalue weighted by atomic mass is 32.2. The van der Waals surface area contributed by atoms with Gasteiger partial charge in [0.2, 0.25) is 15.9 Å². The first-order chi connectivity index (χ1) is 15.2. The smallest absolute Gasteiger partial charge is 0.343 e. The summed E-state index contributed by atoms with van der Waals surface area (Å²) in [5.74, 6) is -0.525. The summed E-state index contributed by atoms with van der Waals surface area (Å²) in [5.41, 5.74) is 2.28. The van der Waals surface area contributed by atoms with Crippen LogP contribution in [0.15, 0.2) is 47.4 Å². The number of ether oxygens (including phenoxy) is 2. The van der Waals surface area contributed by atoms with Crippen molar-refractivity contribution in [1.82, 2.24) is 4.31 Å². The Morgan fingerprint density at radius 2 is 1.81 bits per heavy atom. The summed E-state index contributed by atoms with van der Waals surface area (Å²) in [7, 11) is -2.31. The molecule has 9 heteroatoms. The number of carbonyl (C=O) groups excluding carboxylic acids is 2. The molecule has 0 spiro atoms. The van der Waals surface area contributed by atoms with Crippen LogP contribution in [0.3, 0.4) is 0 Å². The van der Waals surface area contributed by atoms with Crippen LogP contribution in [0, 0.1) is 19.8 Å². The van der Waals surface area contributed by atoms with Gasteiger partial charge in [0.25, 0.3) is 0 Å². The molecule has 172 valence electrons. The number of nitrogens with one attached hydrogen (secondary N) is 1. The topological polar surface area (TPSA) is 102 Å². The maximum Gasteiger partial charge on any atom is 0.343 e. The van der Waals surface area contributed by atoms with Crippen molar-refractivity contribution in [3.63, 3.8) is 0 Å². The summed E-state index contributed by atoms with van der Waals surface area (Å²) >= 11 is 0. The number of methoxy groups -OCH3 is 1. The van der Waals surface area contributed by atoms with E-state index in [2.05, 4.69) is 10.1 Å². The van der Waals surface area contributed by atoms with E-state index in [1.807, 2.05) is 13.0 Å². The maximum atomic E-state index is 13.0. The molecule has 0 aliphatic carbocycles. The van der Waals surface area contributed by atoms with Gasteiger partial charge in [-0.1, -0.05) is 23.8 Å². The van der Waals surface area contributed by atoms with Crippen LogP contribution in [-0.4, -0.2) is 51.4 Å². The Labute approximate surface area is 188 Å². The van der Waals surface area contributed by atoms with Crippen LogP contribution in [0.5, 0.6) is 5.75 Å². The Morgan fingerprint density at radius 3 is 2.47 bits per heavy atom. The molecule has 1 aliphatic heterocycles. The highest BCUT2D eigenvalue weighted by molar-refractivity contribution is 7.89. The van der Waals surface area contributed by atoms with Crippen molar-refractivity contribution in [2.75, 3.05) is 32.1 Å². The van der Waals surface area contributed by atoms with Crippen molar-refractivity contribution in [2.24, 2.45) is 5.92 Å². The summed E-state index contributed by atoms with van der Waals surface area (Å²) in [6, 6.07) is 12.0. The standard InChI is InChI=1S/C23H28N2O6S/c1-16-7-8-21(17(2)13-16)32(28,29)25-11-9-18(10-12-25)23(27)24-19-5-4-6-20(14-19)31-15-22(26)30-3/h4-8,13-14,18H,9-12,15H2,1-3H3,(H,24,27). The molecule has 0 unspecified atom stereocenters. The van der Waals surface area contributed by atoms with E-state index in [0.29, 0.717) is 29.2 Å². The molecule has 32 heavy (non-hydrogen) atoms. The zero-order valence-electron chi connectivity index (χ0n) is 18.5. The van der Waals surface area contributed by atoms with Gasteiger partial charge in [0.05, 0.1) is 12.0 Å². The largest absolute Gasteiger partial charge is 0.482 e. The number of benzene rings is 2. The molecule has 1 aliphatic rings. The summed E-state index contributed by atoms with van der Waals surface area (Å²) in [4.78, 5) is 24.2. The average Bonchev–Trinajstić information content (AvgIpc) is 2.77. The molecule has 1 saturated heterocycles. The molecule has 3 rings (SSSR count). The lowest BCUT2D eigenvalue weighted by atomic mass is 9.97. The number of hydrogen-bond donors (Lipinski definition) is 1. The van der Waals surface area contributed by atoms with Crippen LogP contribution in [0.1, 0.15) is 24.0 Å². The first-order valence-corrected chi connectivity index (χ1v) is 11.8. The molecule has 0 atom stereocenters.